The van der Waals surface area contributed by atoms with Gasteiger partial charge in [-0.1, -0.05) is 32.4 Å². The van der Waals surface area contributed by atoms with Crippen LogP contribution in [0.25, 0.3) is 0 Å². The monoisotopic (exact) mass is 300 g/mol. The average molecular weight is 301 g/mol. The van der Waals surface area contributed by atoms with Crippen LogP contribution < -0.4 is 5.73 Å². The number of hydrogen-bond donors (Lipinski definition) is 1. The molecular formula is C15H25ClN2S. The minimum atomic E-state index is 0.191. The predicted octanol–water partition coefficient (Wildman–Crippen LogP) is 4.30. The van der Waals surface area contributed by atoms with Gasteiger partial charge in [0.05, 0.1) is 10.4 Å². The molecule has 0 saturated carbocycles. The van der Waals surface area contributed by atoms with E-state index in [1.807, 2.05) is 6.07 Å². The Hall–Kier alpha value is -0.0900. The van der Waals surface area contributed by atoms with Crippen LogP contribution in [0.5, 0.6) is 0 Å². The summed E-state index contributed by atoms with van der Waals surface area (Å²) in [6, 6.07) is 4.66. The first-order valence-electron chi connectivity index (χ1n) is 7.18. The molecule has 2 atom stereocenters. The molecule has 0 aromatic carbocycles. The number of halogens is 1. The zero-order chi connectivity index (χ0) is 14.0. The lowest BCUT2D eigenvalue weighted by atomic mass is 9.82. The fraction of sp³-hybridized carbons (Fsp3) is 0.733. The summed E-state index contributed by atoms with van der Waals surface area (Å²) in [4.78, 5) is 3.88. The molecule has 1 aliphatic rings. The summed E-state index contributed by atoms with van der Waals surface area (Å²) in [7, 11) is 0. The van der Waals surface area contributed by atoms with Crippen molar-refractivity contribution in [1.29, 1.82) is 0 Å². The lowest BCUT2D eigenvalue weighted by Gasteiger charge is -2.42. The van der Waals surface area contributed by atoms with Gasteiger partial charge in [0.1, 0.15) is 0 Å². The fourth-order valence-electron chi connectivity index (χ4n) is 2.78. The van der Waals surface area contributed by atoms with Gasteiger partial charge in [0, 0.05) is 10.9 Å². The SMILES string of the molecule is CCC(N)C(c1ccc(Cl)s1)N1CCC(C)(C)CC1. The third-order valence-electron chi connectivity index (χ3n) is 4.31. The summed E-state index contributed by atoms with van der Waals surface area (Å²) in [6.07, 6.45) is 3.50. The molecule has 1 aromatic heterocycles. The topological polar surface area (TPSA) is 29.3 Å². The molecule has 0 bridgehead atoms. The van der Waals surface area contributed by atoms with E-state index in [1.165, 1.54) is 17.7 Å². The van der Waals surface area contributed by atoms with E-state index >= 15 is 0 Å². The first-order valence-corrected chi connectivity index (χ1v) is 8.37. The van der Waals surface area contributed by atoms with Gasteiger partial charge in [-0.15, -0.1) is 11.3 Å². The second-order valence-corrected chi connectivity index (χ2v) is 8.11. The van der Waals surface area contributed by atoms with E-state index in [-0.39, 0.29) is 6.04 Å². The minimum Gasteiger partial charge on any atom is -0.326 e. The summed E-state index contributed by atoms with van der Waals surface area (Å²) in [5.41, 5.74) is 6.86. The fourth-order valence-corrected chi connectivity index (χ4v) is 4.05. The van der Waals surface area contributed by atoms with Crippen LogP contribution in [0.15, 0.2) is 12.1 Å². The van der Waals surface area contributed by atoms with Crippen LogP contribution in [0.2, 0.25) is 4.34 Å². The van der Waals surface area contributed by atoms with Crippen molar-refractivity contribution in [3.63, 3.8) is 0 Å². The number of nitrogens with zero attached hydrogens (tertiary/aromatic N) is 1. The van der Waals surface area contributed by atoms with Crippen molar-refractivity contribution in [1.82, 2.24) is 4.90 Å². The molecule has 2 heterocycles. The quantitative estimate of drug-likeness (QED) is 0.898. The second-order valence-electron chi connectivity index (χ2n) is 6.36. The summed E-state index contributed by atoms with van der Waals surface area (Å²) in [5, 5.41) is 0. The van der Waals surface area contributed by atoms with Gasteiger partial charge in [0.2, 0.25) is 0 Å². The molecule has 1 aromatic rings. The highest BCUT2D eigenvalue weighted by molar-refractivity contribution is 7.16. The zero-order valence-corrected chi connectivity index (χ0v) is 13.7. The average Bonchev–Trinajstić information content (AvgIpc) is 2.78. The number of nitrogens with two attached hydrogens (primary N) is 1. The first-order chi connectivity index (χ1) is 8.93. The number of rotatable bonds is 4. The standard InChI is InChI=1S/C15H25ClN2S/c1-4-11(17)14(12-5-6-13(16)19-12)18-9-7-15(2,3)8-10-18/h5-6,11,14H,4,7-10,17H2,1-3H3. The van der Waals surface area contributed by atoms with Gasteiger partial charge in [-0.05, 0) is 49.9 Å². The van der Waals surface area contributed by atoms with Crippen molar-refractivity contribution in [3.05, 3.63) is 21.3 Å². The molecule has 1 fully saturated rings. The summed E-state index contributed by atoms with van der Waals surface area (Å²) in [6.45, 7) is 9.17. The molecule has 1 saturated heterocycles. The first kappa shape index (κ1) is 15.3. The lowest BCUT2D eigenvalue weighted by Crippen LogP contribution is -2.45. The highest BCUT2D eigenvalue weighted by atomic mass is 35.5. The number of thiophene rings is 1. The summed E-state index contributed by atoms with van der Waals surface area (Å²) in [5.74, 6) is 0. The Morgan fingerprint density at radius 3 is 2.47 bits per heavy atom. The van der Waals surface area contributed by atoms with Crippen LogP contribution >= 0.6 is 22.9 Å². The Kier molecular flexibility index (Phi) is 4.93. The van der Waals surface area contributed by atoms with Crippen molar-refractivity contribution < 1.29 is 0 Å². The number of hydrogen-bond acceptors (Lipinski definition) is 3. The molecule has 1 aliphatic heterocycles. The predicted molar refractivity (Wildman–Crippen MR) is 84.9 cm³/mol. The Morgan fingerprint density at radius 2 is 2.00 bits per heavy atom. The molecule has 4 heteroatoms. The molecule has 108 valence electrons. The molecule has 0 radical (unpaired) electrons. The molecule has 0 spiro atoms. The Balaban J connectivity index is 2.15. The van der Waals surface area contributed by atoms with Crippen LogP contribution in [-0.2, 0) is 0 Å². The highest BCUT2D eigenvalue weighted by Gasteiger charge is 2.33. The molecule has 0 aliphatic carbocycles. The maximum Gasteiger partial charge on any atom is 0.0931 e. The maximum atomic E-state index is 6.38. The third kappa shape index (κ3) is 3.72. The molecule has 19 heavy (non-hydrogen) atoms. The van der Waals surface area contributed by atoms with Gasteiger partial charge < -0.3 is 5.73 Å². The summed E-state index contributed by atoms with van der Waals surface area (Å²) < 4.78 is 0.862. The summed E-state index contributed by atoms with van der Waals surface area (Å²) >= 11 is 7.77. The molecule has 2 rings (SSSR count). The van der Waals surface area contributed by atoms with E-state index in [0.29, 0.717) is 11.5 Å². The van der Waals surface area contributed by atoms with Gasteiger partial charge in [-0.3, -0.25) is 4.90 Å². The van der Waals surface area contributed by atoms with E-state index in [9.17, 15) is 0 Å². The molecule has 2 N–H and O–H groups in total. The van der Waals surface area contributed by atoms with E-state index in [2.05, 4.69) is 31.7 Å². The molecule has 2 nitrogen and oxygen atoms in total. The molecular weight excluding hydrogens is 276 g/mol. The third-order valence-corrected chi connectivity index (χ3v) is 5.61. The zero-order valence-electron chi connectivity index (χ0n) is 12.2. The smallest absolute Gasteiger partial charge is 0.0931 e. The molecule has 2 unspecified atom stereocenters. The number of likely N-dealkylation sites (tertiary alicyclic amines) is 1. The highest BCUT2D eigenvalue weighted by Crippen LogP contribution is 2.38. The van der Waals surface area contributed by atoms with Crippen LogP contribution in [0.1, 0.15) is 51.0 Å². The maximum absolute atomic E-state index is 6.38. The Labute approximate surface area is 125 Å². The van der Waals surface area contributed by atoms with Gasteiger partial charge in [-0.2, -0.15) is 0 Å². The van der Waals surface area contributed by atoms with E-state index in [4.69, 9.17) is 17.3 Å². The normalized spacial score (nSPS) is 23.2. The van der Waals surface area contributed by atoms with Crippen LogP contribution in [-0.4, -0.2) is 24.0 Å². The molecule has 0 amide bonds. The van der Waals surface area contributed by atoms with Crippen molar-refractivity contribution in [3.8, 4) is 0 Å². The van der Waals surface area contributed by atoms with Gasteiger partial charge in [-0.25, -0.2) is 0 Å². The second kappa shape index (κ2) is 6.13. The van der Waals surface area contributed by atoms with Crippen LogP contribution in [0.4, 0.5) is 0 Å². The van der Waals surface area contributed by atoms with Gasteiger partial charge in [0.25, 0.3) is 0 Å². The van der Waals surface area contributed by atoms with Crippen molar-refractivity contribution in [2.75, 3.05) is 13.1 Å². The number of piperidine rings is 1. The van der Waals surface area contributed by atoms with Crippen molar-refractivity contribution >= 4 is 22.9 Å². The van der Waals surface area contributed by atoms with E-state index in [0.717, 1.165) is 23.8 Å². The Morgan fingerprint density at radius 1 is 1.37 bits per heavy atom. The van der Waals surface area contributed by atoms with E-state index in [1.54, 1.807) is 11.3 Å². The largest absolute Gasteiger partial charge is 0.326 e. The lowest BCUT2D eigenvalue weighted by molar-refractivity contribution is 0.0824. The van der Waals surface area contributed by atoms with Gasteiger partial charge >= 0.3 is 0 Å². The van der Waals surface area contributed by atoms with Crippen molar-refractivity contribution in [2.24, 2.45) is 11.1 Å². The van der Waals surface area contributed by atoms with E-state index < -0.39 is 0 Å². The van der Waals surface area contributed by atoms with Crippen molar-refractivity contribution in [2.45, 2.75) is 52.1 Å². The van der Waals surface area contributed by atoms with Gasteiger partial charge in [0.15, 0.2) is 0 Å². The van der Waals surface area contributed by atoms with Crippen LogP contribution in [0.3, 0.4) is 0 Å². The Bertz CT molecular complexity index is 406. The van der Waals surface area contributed by atoms with Crippen LogP contribution in [0, 0.1) is 5.41 Å². The minimum absolute atomic E-state index is 0.191.